The number of methoxy groups -OCH3 is 1. The van der Waals surface area contributed by atoms with Crippen LogP contribution in [0, 0.1) is 0 Å². The van der Waals surface area contributed by atoms with Gasteiger partial charge in [-0.3, -0.25) is 0 Å². The molecular formula is C11H18N2O3S. The van der Waals surface area contributed by atoms with Crippen LogP contribution in [0.5, 0.6) is 0 Å². The fourth-order valence-electron chi connectivity index (χ4n) is 1.14. The highest BCUT2D eigenvalue weighted by molar-refractivity contribution is 7.89. The second-order valence-corrected chi connectivity index (χ2v) is 6.06. The first-order chi connectivity index (χ1) is 7.78. The van der Waals surface area contributed by atoms with E-state index >= 15 is 0 Å². The van der Waals surface area contributed by atoms with Crippen molar-refractivity contribution in [1.82, 2.24) is 4.72 Å². The van der Waals surface area contributed by atoms with E-state index in [4.69, 9.17) is 10.5 Å². The highest BCUT2D eigenvalue weighted by Gasteiger charge is 2.22. The largest absolute Gasteiger partial charge is 0.398 e. The van der Waals surface area contributed by atoms with Gasteiger partial charge in [0.25, 0.3) is 0 Å². The second kappa shape index (κ2) is 5.03. The summed E-state index contributed by atoms with van der Waals surface area (Å²) >= 11 is 0. The molecule has 0 bridgehead atoms. The van der Waals surface area contributed by atoms with Gasteiger partial charge in [0.15, 0.2) is 0 Å². The van der Waals surface area contributed by atoms with Crippen LogP contribution in [0.1, 0.15) is 13.8 Å². The maximum atomic E-state index is 12.0. The van der Waals surface area contributed by atoms with Crippen LogP contribution in [0.2, 0.25) is 0 Å². The van der Waals surface area contributed by atoms with Gasteiger partial charge in [-0.2, -0.15) is 0 Å². The number of rotatable bonds is 5. The molecule has 6 heteroatoms. The molecule has 0 saturated heterocycles. The topological polar surface area (TPSA) is 81.4 Å². The first kappa shape index (κ1) is 14.0. The van der Waals surface area contributed by atoms with E-state index in [1.165, 1.54) is 13.2 Å². The van der Waals surface area contributed by atoms with Crippen LogP contribution in [0.3, 0.4) is 0 Å². The van der Waals surface area contributed by atoms with Crippen molar-refractivity contribution in [2.45, 2.75) is 24.3 Å². The Balaban J connectivity index is 2.88. The summed E-state index contributed by atoms with van der Waals surface area (Å²) in [6, 6.07) is 6.34. The Morgan fingerprint density at radius 2 is 1.94 bits per heavy atom. The van der Waals surface area contributed by atoms with E-state index in [-0.39, 0.29) is 17.1 Å². The zero-order chi connectivity index (χ0) is 13.1. The molecule has 0 unspecified atom stereocenters. The van der Waals surface area contributed by atoms with Gasteiger partial charge >= 0.3 is 0 Å². The Morgan fingerprint density at radius 1 is 1.35 bits per heavy atom. The molecule has 0 aromatic heterocycles. The van der Waals surface area contributed by atoms with Gasteiger partial charge in [-0.25, -0.2) is 13.1 Å². The second-order valence-electron chi connectivity index (χ2n) is 4.33. The van der Waals surface area contributed by atoms with Gasteiger partial charge in [-0.15, -0.1) is 0 Å². The first-order valence-electron chi connectivity index (χ1n) is 5.18. The lowest BCUT2D eigenvalue weighted by Crippen LogP contribution is -2.39. The number of hydrogen-bond acceptors (Lipinski definition) is 4. The Morgan fingerprint density at radius 3 is 2.47 bits per heavy atom. The lowest BCUT2D eigenvalue weighted by atomic mass is 10.1. The number of para-hydroxylation sites is 1. The minimum atomic E-state index is -3.59. The highest BCUT2D eigenvalue weighted by Crippen LogP contribution is 2.17. The van der Waals surface area contributed by atoms with Crippen molar-refractivity contribution in [1.29, 1.82) is 0 Å². The van der Waals surface area contributed by atoms with Crippen molar-refractivity contribution in [2.75, 3.05) is 19.4 Å². The van der Waals surface area contributed by atoms with E-state index in [0.717, 1.165) is 0 Å². The Labute approximate surface area is 102 Å². The van der Waals surface area contributed by atoms with Crippen LogP contribution >= 0.6 is 0 Å². The molecule has 3 N–H and O–H groups in total. The molecule has 0 spiro atoms. The van der Waals surface area contributed by atoms with E-state index < -0.39 is 15.6 Å². The van der Waals surface area contributed by atoms with E-state index in [9.17, 15) is 8.42 Å². The van der Waals surface area contributed by atoms with Gasteiger partial charge in [0.2, 0.25) is 10.0 Å². The minimum absolute atomic E-state index is 0.0897. The number of sulfonamides is 1. The maximum Gasteiger partial charge on any atom is 0.242 e. The molecule has 0 amide bonds. The number of benzene rings is 1. The minimum Gasteiger partial charge on any atom is -0.398 e. The lowest BCUT2D eigenvalue weighted by Gasteiger charge is -2.23. The lowest BCUT2D eigenvalue weighted by molar-refractivity contribution is 0.0276. The van der Waals surface area contributed by atoms with Crippen molar-refractivity contribution in [3.8, 4) is 0 Å². The van der Waals surface area contributed by atoms with Crippen molar-refractivity contribution in [3.05, 3.63) is 24.3 Å². The van der Waals surface area contributed by atoms with Crippen LogP contribution in [0.15, 0.2) is 29.2 Å². The van der Waals surface area contributed by atoms with Crippen molar-refractivity contribution in [3.63, 3.8) is 0 Å². The summed E-state index contributed by atoms with van der Waals surface area (Å²) in [6.07, 6.45) is 0. The molecule has 0 aliphatic carbocycles. The number of nitrogen functional groups attached to an aromatic ring is 1. The molecule has 1 aromatic carbocycles. The van der Waals surface area contributed by atoms with E-state index in [1.807, 2.05) is 0 Å². The monoisotopic (exact) mass is 258 g/mol. The zero-order valence-corrected chi connectivity index (χ0v) is 11.0. The molecule has 0 radical (unpaired) electrons. The first-order valence-corrected chi connectivity index (χ1v) is 6.66. The molecule has 96 valence electrons. The SMILES string of the molecule is COC(C)(C)CNS(=O)(=O)c1ccccc1N. The fourth-order valence-corrected chi connectivity index (χ4v) is 2.47. The third kappa shape index (κ3) is 3.69. The number of nitrogens with one attached hydrogen (secondary N) is 1. The molecule has 5 nitrogen and oxygen atoms in total. The Kier molecular flexibility index (Phi) is 4.13. The smallest absolute Gasteiger partial charge is 0.242 e. The predicted octanol–water partition coefficient (Wildman–Crippen LogP) is 0.972. The molecular weight excluding hydrogens is 240 g/mol. The average molecular weight is 258 g/mol. The Bertz CT molecular complexity index is 483. The fraction of sp³-hybridized carbons (Fsp3) is 0.455. The van der Waals surface area contributed by atoms with Gasteiger partial charge in [0.05, 0.1) is 11.3 Å². The molecule has 1 rings (SSSR count). The zero-order valence-electron chi connectivity index (χ0n) is 10.2. The van der Waals surface area contributed by atoms with Gasteiger partial charge in [0, 0.05) is 13.7 Å². The van der Waals surface area contributed by atoms with Crippen molar-refractivity contribution in [2.24, 2.45) is 0 Å². The third-order valence-electron chi connectivity index (χ3n) is 2.45. The summed E-state index contributed by atoms with van der Waals surface area (Å²) in [7, 11) is -2.06. The molecule has 0 heterocycles. The summed E-state index contributed by atoms with van der Waals surface area (Å²) in [5.41, 5.74) is 5.30. The number of anilines is 1. The third-order valence-corrected chi connectivity index (χ3v) is 3.92. The number of hydrogen-bond donors (Lipinski definition) is 2. The van der Waals surface area contributed by atoms with Crippen LogP contribution in [0.4, 0.5) is 5.69 Å². The maximum absolute atomic E-state index is 12.0. The molecule has 0 aliphatic rings. The number of ether oxygens (including phenoxy) is 1. The normalized spacial score (nSPS) is 12.6. The predicted molar refractivity (Wildman–Crippen MR) is 67.1 cm³/mol. The molecule has 0 atom stereocenters. The van der Waals surface area contributed by atoms with E-state index in [0.29, 0.717) is 0 Å². The quantitative estimate of drug-likeness (QED) is 0.771. The molecule has 0 aliphatic heterocycles. The standard InChI is InChI=1S/C11H18N2O3S/c1-11(2,16-3)8-13-17(14,15)10-7-5-4-6-9(10)12/h4-7,13H,8,12H2,1-3H3. The van der Waals surface area contributed by atoms with Crippen LogP contribution in [-0.2, 0) is 14.8 Å². The summed E-state index contributed by atoms with van der Waals surface area (Å²) in [5, 5.41) is 0. The summed E-state index contributed by atoms with van der Waals surface area (Å²) in [4.78, 5) is 0.0897. The molecule has 1 aromatic rings. The molecule has 17 heavy (non-hydrogen) atoms. The molecule has 0 saturated carbocycles. The van der Waals surface area contributed by atoms with Crippen molar-refractivity contribution >= 4 is 15.7 Å². The summed E-state index contributed by atoms with van der Waals surface area (Å²) < 4.78 is 31.6. The highest BCUT2D eigenvalue weighted by atomic mass is 32.2. The van der Waals surface area contributed by atoms with E-state index in [1.54, 1.807) is 32.0 Å². The Hall–Kier alpha value is -1.11. The van der Waals surface area contributed by atoms with Crippen molar-refractivity contribution < 1.29 is 13.2 Å². The molecule has 0 fully saturated rings. The van der Waals surface area contributed by atoms with E-state index in [2.05, 4.69) is 4.72 Å². The number of nitrogens with two attached hydrogens (primary N) is 1. The van der Waals surface area contributed by atoms with Gasteiger partial charge in [-0.05, 0) is 26.0 Å². The van der Waals surface area contributed by atoms with Gasteiger partial charge in [0.1, 0.15) is 4.90 Å². The summed E-state index contributed by atoms with van der Waals surface area (Å²) in [6.45, 7) is 3.77. The van der Waals surface area contributed by atoms with Crippen LogP contribution < -0.4 is 10.5 Å². The average Bonchev–Trinajstić information content (AvgIpc) is 2.27. The van der Waals surface area contributed by atoms with Gasteiger partial charge in [-0.1, -0.05) is 12.1 Å². The van der Waals surface area contributed by atoms with Gasteiger partial charge < -0.3 is 10.5 Å². The van der Waals surface area contributed by atoms with Crippen LogP contribution in [0.25, 0.3) is 0 Å². The summed E-state index contributed by atoms with van der Waals surface area (Å²) in [5.74, 6) is 0. The van der Waals surface area contributed by atoms with Crippen LogP contribution in [-0.4, -0.2) is 27.7 Å².